The Morgan fingerprint density at radius 1 is 0.325 bits per heavy atom. The molecule has 9 aromatic rings. The van der Waals surface area contributed by atoms with Crippen molar-refractivity contribution in [1.82, 2.24) is 4.90 Å². The van der Waals surface area contributed by atoms with Gasteiger partial charge in [-0.2, -0.15) is 78.0 Å². The Balaban J connectivity index is 0.00000540. The topological polar surface area (TPSA) is 19.4 Å². The molecule has 0 unspecified atom stereocenters. The Bertz CT molecular complexity index is 3690. The quantitative estimate of drug-likeness (QED) is 0.119. The first kappa shape index (κ1) is 47.1. The zero-order valence-electron chi connectivity index (χ0n) is 42.6. The first-order chi connectivity index (χ1) is 37.5. The Labute approximate surface area is 466 Å². The molecule has 6 heterocycles. The van der Waals surface area contributed by atoms with Crippen molar-refractivity contribution in [3.05, 3.63) is 295 Å². The van der Waals surface area contributed by atoms with Crippen LogP contribution in [0.15, 0.2) is 207 Å². The number of aryl methyl sites for hydroxylation is 6. The molecule has 9 aromatic carbocycles. The molecular formula is C70H52IrN6-6. The molecule has 77 heavy (non-hydrogen) atoms. The SMILES string of the molecule is CN1C=C2c3ccccc3-c3cc(CCc4cc(CCc5c[c-]c6c(c5)-c5ccccc5C5=CN(c7ccccc7)[CH-]N56)cc(CCc5c[c-]c6c(c5)-c5ccccc5C5=CN(c7ccccc7)[CH-]N56)c4)c[c-]c3N2[CH-]1.[Ir]. The smallest absolute Gasteiger partial charge is 0.0323 e. The van der Waals surface area contributed by atoms with Crippen LogP contribution in [0.5, 0.6) is 0 Å². The van der Waals surface area contributed by atoms with E-state index in [1.807, 2.05) is 0 Å². The monoisotopic (exact) mass is 1170 g/mol. The van der Waals surface area contributed by atoms with Gasteiger partial charge in [0.05, 0.1) is 0 Å². The van der Waals surface area contributed by atoms with Crippen LogP contribution in [-0.4, -0.2) is 11.9 Å². The summed E-state index contributed by atoms with van der Waals surface area (Å²) in [6, 6.07) is 80.1. The van der Waals surface area contributed by atoms with Crippen LogP contribution in [0.3, 0.4) is 0 Å². The number of anilines is 5. The van der Waals surface area contributed by atoms with Crippen LogP contribution in [0.2, 0.25) is 0 Å². The predicted molar refractivity (Wildman–Crippen MR) is 311 cm³/mol. The summed E-state index contributed by atoms with van der Waals surface area (Å²) >= 11 is 0. The van der Waals surface area contributed by atoms with Gasteiger partial charge in [-0.1, -0.05) is 180 Å². The van der Waals surface area contributed by atoms with Crippen molar-refractivity contribution in [2.75, 3.05) is 31.5 Å². The average Bonchev–Trinajstić information content (AvgIpc) is 4.30. The number of para-hydroxylation sites is 2. The molecule has 0 fully saturated rings. The van der Waals surface area contributed by atoms with Crippen LogP contribution in [0.4, 0.5) is 28.4 Å². The largest absolute Gasteiger partial charge is 0.510 e. The average molecular weight is 1170 g/mol. The Morgan fingerprint density at radius 2 is 0.636 bits per heavy atom. The number of rotatable bonds is 11. The molecule has 6 aliphatic heterocycles. The fourth-order valence-corrected chi connectivity index (χ4v) is 12.2. The third-order valence-corrected chi connectivity index (χ3v) is 15.9. The van der Waals surface area contributed by atoms with Crippen LogP contribution in [0.25, 0.3) is 50.5 Å². The summed E-state index contributed by atoms with van der Waals surface area (Å²) in [5, 5.41) is 0. The number of hydrogen-bond acceptors (Lipinski definition) is 6. The van der Waals surface area contributed by atoms with E-state index < -0.39 is 0 Å². The molecule has 0 bridgehead atoms. The second-order valence-corrected chi connectivity index (χ2v) is 20.8. The Morgan fingerprint density at radius 3 is 1.01 bits per heavy atom. The minimum absolute atomic E-state index is 0. The summed E-state index contributed by atoms with van der Waals surface area (Å²) in [4.78, 5) is 13.5. The molecule has 0 amide bonds. The van der Waals surface area contributed by atoms with Crippen LogP contribution < -0.4 is 24.5 Å². The number of benzene rings is 9. The van der Waals surface area contributed by atoms with Crippen LogP contribution in [0, 0.1) is 38.2 Å². The third kappa shape index (κ3) is 8.37. The minimum Gasteiger partial charge on any atom is -0.510 e. The summed E-state index contributed by atoms with van der Waals surface area (Å²) in [7, 11) is 2.09. The van der Waals surface area contributed by atoms with Gasteiger partial charge in [0.15, 0.2) is 0 Å². The van der Waals surface area contributed by atoms with Gasteiger partial charge in [0.25, 0.3) is 0 Å². The van der Waals surface area contributed by atoms with E-state index in [0.29, 0.717) is 0 Å². The minimum atomic E-state index is 0. The summed E-state index contributed by atoms with van der Waals surface area (Å²) in [5.74, 6) is 0. The van der Waals surface area contributed by atoms with Gasteiger partial charge in [-0.25, -0.2) is 0 Å². The van der Waals surface area contributed by atoms with Gasteiger partial charge in [0.2, 0.25) is 0 Å². The number of nitrogens with zero attached hydrogens (tertiary/aromatic N) is 6. The fourth-order valence-electron chi connectivity index (χ4n) is 12.2. The van der Waals surface area contributed by atoms with Gasteiger partial charge in [0.1, 0.15) is 0 Å². The Kier molecular flexibility index (Phi) is 11.8. The molecule has 0 N–H and O–H groups in total. The standard InChI is InChI=1S/C70H52N6.Ir/c1-71-42-68-59-21-11-8-18-56(59)62-39-48(30-33-65(62)74(68)45-71)24-27-51-36-52(28-25-49-31-34-66-63(40-49)57-19-9-12-22-60(57)69-43-72(46-75(66)69)54-14-4-2-5-15-54)38-53(37-51)29-26-50-32-35-67-64(41-50)58-20-10-13-23-61(58)70-44-73(47-76(67)70)55-16-6-3-7-17-55;/h2-23,30-32,36-47H,24-29H2,1H3;/q-6;. The van der Waals surface area contributed by atoms with E-state index in [9.17, 15) is 0 Å². The third-order valence-electron chi connectivity index (χ3n) is 15.9. The summed E-state index contributed by atoms with van der Waals surface area (Å²) < 4.78 is 0. The van der Waals surface area contributed by atoms with Gasteiger partial charge in [-0.15, -0.1) is 30.0 Å². The second kappa shape index (κ2) is 19.3. The molecule has 0 aliphatic carbocycles. The molecule has 15 rings (SSSR count). The van der Waals surface area contributed by atoms with Gasteiger partial charge >= 0.3 is 0 Å². The molecule has 6 aliphatic rings. The summed E-state index contributed by atoms with van der Waals surface area (Å²) in [5.41, 5.74) is 28.3. The molecule has 1 radical (unpaired) electrons. The van der Waals surface area contributed by atoms with E-state index in [1.165, 1.54) is 101 Å². The van der Waals surface area contributed by atoms with Gasteiger partial charge in [-0.05, 0) is 103 Å². The van der Waals surface area contributed by atoms with Gasteiger partial charge < -0.3 is 29.4 Å². The van der Waals surface area contributed by atoms with E-state index in [1.54, 1.807) is 0 Å². The van der Waals surface area contributed by atoms with Crippen molar-refractivity contribution in [1.29, 1.82) is 0 Å². The molecule has 0 saturated heterocycles. The summed E-state index contributed by atoms with van der Waals surface area (Å²) in [6.45, 7) is 6.55. The van der Waals surface area contributed by atoms with Crippen LogP contribution in [-0.2, 0) is 58.6 Å². The Hall–Kier alpha value is -8.35. The number of hydrogen-bond donors (Lipinski definition) is 0. The van der Waals surface area contributed by atoms with Crippen LogP contribution >= 0.6 is 0 Å². The maximum Gasteiger partial charge on any atom is 0.0323 e. The number of fused-ring (bicyclic) bond motifs is 18. The van der Waals surface area contributed by atoms with Crippen molar-refractivity contribution < 1.29 is 20.1 Å². The van der Waals surface area contributed by atoms with E-state index in [2.05, 4.69) is 281 Å². The van der Waals surface area contributed by atoms with Crippen molar-refractivity contribution >= 4 is 45.5 Å². The summed E-state index contributed by atoms with van der Waals surface area (Å²) in [6.07, 6.45) is 12.3. The molecule has 0 saturated carbocycles. The molecule has 0 aromatic heterocycles. The van der Waals surface area contributed by atoms with Crippen molar-refractivity contribution in [3.8, 4) is 33.4 Å². The van der Waals surface area contributed by atoms with Crippen LogP contribution in [0.1, 0.15) is 50.1 Å². The zero-order chi connectivity index (χ0) is 50.3. The molecule has 377 valence electrons. The first-order valence-electron chi connectivity index (χ1n) is 26.5. The molecule has 7 heteroatoms. The molecule has 6 nitrogen and oxygen atoms in total. The van der Waals surface area contributed by atoms with E-state index >= 15 is 0 Å². The molecule has 0 atom stereocenters. The van der Waals surface area contributed by atoms with Crippen molar-refractivity contribution in [3.63, 3.8) is 0 Å². The predicted octanol–water partition coefficient (Wildman–Crippen LogP) is 15.1. The fraction of sp³-hybridized carbons (Fsp3) is 0.100. The molecule has 0 spiro atoms. The van der Waals surface area contributed by atoms with E-state index in [4.69, 9.17) is 0 Å². The van der Waals surface area contributed by atoms with Crippen molar-refractivity contribution in [2.45, 2.75) is 38.5 Å². The van der Waals surface area contributed by atoms with Gasteiger partial charge in [0, 0.05) is 48.6 Å². The maximum absolute atomic E-state index is 3.77. The normalized spacial score (nSPS) is 14.9. The first-order valence-corrected chi connectivity index (χ1v) is 26.5. The van der Waals surface area contributed by atoms with E-state index in [-0.39, 0.29) is 20.1 Å². The van der Waals surface area contributed by atoms with Crippen molar-refractivity contribution in [2.24, 2.45) is 0 Å². The zero-order valence-corrected chi connectivity index (χ0v) is 45.0. The maximum atomic E-state index is 3.77. The molecular weight excluding hydrogens is 1120 g/mol. The van der Waals surface area contributed by atoms with E-state index in [0.717, 1.165) is 67.0 Å². The second-order valence-electron chi connectivity index (χ2n) is 20.8. The van der Waals surface area contributed by atoms with Gasteiger partial charge in [-0.3, -0.25) is 0 Å².